The van der Waals surface area contributed by atoms with Crippen LogP contribution in [0.2, 0.25) is 0 Å². The first-order valence-corrected chi connectivity index (χ1v) is 8.65. The molecule has 3 rings (SSSR count). The van der Waals surface area contributed by atoms with Gasteiger partial charge in [-0.05, 0) is 43.7 Å². The van der Waals surface area contributed by atoms with Crippen molar-refractivity contribution in [1.82, 2.24) is 4.57 Å². The molecule has 1 heterocycles. The van der Waals surface area contributed by atoms with Crippen molar-refractivity contribution < 1.29 is 14.3 Å². The van der Waals surface area contributed by atoms with Gasteiger partial charge in [0.25, 0.3) is 11.5 Å². The molecule has 1 aromatic heterocycles. The Morgan fingerprint density at radius 2 is 1.74 bits per heavy atom. The van der Waals surface area contributed by atoms with Gasteiger partial charge in [0.1, 0.15) is 0 Å². The van der Waals surface area contributed by atoms with Crippen LogP contribution >= 0.6 is 0 Å². The zero-order valence-corrected chi connectivity index (χ0v) is 15.8. The van der Waals surface area contributed by atoms with Gasteiger partial charge in [-0.15, -0.1) is 0 Å². The standard InChI is InChI=1S/C21H22N2O4/c1-5-23-12-17(20(24)22-14-8-6-7-13(2)9-14)15-10-18(26-3)19(27-4)11-16(15)21(23)25/h6-12H,5H2,1-4H3,(H,22,24). The molecule has 0 fully saturated rings. The highest BCUT2D eigenvalue weighted by atomic mass is 16.5. The van der Waals surface area contributed by atoms with Gasteiger partial charge >= 0.3 is 0 Å². The maximum atomic E-state index is 13.0. The average molecular weight is 366 g/mol. The lowest BCUT2D eigenvalue weighted by Crippen LogP contribution is -2.23. The van der Waals surface area contributed by atoms with Gasteiger partial charge in [0.05, 0.1) is 25.2 Å². The number of aromatic nitrogens is 1. The van der Waals surface area contributed by atoms with E-state index < -0.39 is 0 Å². The van der Waals surface area contributed by atoms with E-state index in [1.165, 1.54) is 18.8 Å². The molecule has 0 atom stereocenters. The third-order valence-electron chi connectivity index (χ3n) is 4.45. The molecule has 1 amide bonds. The molecule has 0 unspecified atom stereocenters. The Kier molecular flexibility index (Phi) is 5.16. The second kappa shape index (κ2) is 7.53. The number of nitrogens with one attached hydrogen (secondary N) is 1. The summed E-state index contributed by atoms with van der Waals surface area (Å²) in [6, 6.07) is 10.8. The Balaban J connectivity index is 2.19. The molecule has 0 saturated heterocycles. The molecule has 6 heteroatoms. The van der Waals surface area contributed by atoms with E-state index in [9.17, 15) is 9.59 Å². The monoisotopic (exact) mass is 366 g/mol. The van der Waals surface area contributed by atoms with E-state index in [4.69, 9.17) is 9.47 Å². The predicted molar refractivity (Wildman–Crippen MR) is 106 cm³/mol. The number of anilines is 1. The zero-order valence-electron chi connectivity index (χ0n) is 15.8. The molecule has 0 bridgehead atoms. The van der Waals surface area contributed by atoms with Crippen LogP contribution in [0.25, 0.3) is 10.8 Å². The Labute approximate surface area is 157 Å². The fraction of sp³-hybridized carbons (Fsp3) is 0.238. The fourth-order valence-corrected chi connectivity index (χ4v) is 3.05. The third kappa shape index (κ3) is 3.51. The zero-order chi connectivity index (χ0) is 19.6. The summed E-state index contributed by atoms with van der Waals surface area (Å²) < 4.78 is 12.2. The maximum absolute atomic E-state index is 13.0. The molecule has 27 heavy (non-hydrogen) atoms. The number of methoxy groups -OCH3 is 2. The van der Waals surface area contributed by atoms with Gasteiger partial charge in [-0.2, -0.15) is 0 Å². The molecule has 3 aromatic rings. The normalized spacial score (nSPS) is 10.7. The summed E-state index contributed by atoms with van der Waals surface area (Å²) in [5, 5.41) is 3.83. The number of rotatable bonds is 5. The lowest BCUT2D eigenvalue weighted by atomic mass is 10.1. The summed E-state index contributed by atoms with van der Waals surface area (Å²) in [7, 11) is 3.03. The van der Waals surface area contributed by atoms with E-state index in [1.807, 2.05) is 38.1 Å². The van der Waals surface area contributed by atoms with Crippen molar-refractivity contribution in [2.75, 3.05) is 19.5 Å². The molecule has 140 valence electrons. The highest BCUT2D eigenvalue weighted by Gasteiger charge is 2.18. The number of fused-ring (bicyclic) bond motifs is 1. The highest BCUT2D eigenvalue weighted by Crippen LogP contribution is 2.32. The van der Waals surface area contributed by atoms with Crippen molar-refractivity contribution in [3.8, 4) is 11.5 Å². The van der Waals surface area contributed by atoms with Crippen molar-refractivity contribution in [2.24, 2.45) is 0 Å². The Hall–Kier alpha value is -3.28. The van der Waals surface area contributed by atoms with Crippen LogP contribution < -0.4 is 20.3 Å². The average Bonchev–Trinajstić information content (AvgIpc) is 2.67. The van der Waals surface area contributed by atoms with E-state index in [2.05, 4.69) is 5.32 Å². The minimum absolute atomic E-state index is 0.180. The number of benzene rings is 2. The molecule has 0 aliphatic heterocycles. The van der Waals surface area contributed by atoms with Gasteiger partial charge in [-0.25, -0.2) is 0 Å². The van der Waals surface area contributed by atoms with E-state index in [1.54, 1.807) is 18.3 Å². The van der Waals surface area contributed by atoms with Gasteiger partial charge in [0.2, 0.25) is 0 Å². The van der Waals surface area contributed by atoms with Crippen molar-refractivity contribution in [3.05, 3.63) is 64.1 Å². The van der Waals surface area contributed by atoms with Gasteiger partial charge in [0, 0.05) is 23.8 Å². The van der Waals surface area contributed by atoms with Crippen LogP contribution in [-0.2, 0) is 6.54 Å². The minimum Gasteiger partial charge on any atom is -0.493 e. The van der Waals surface area contributed by atoms with Crippen LogP contribution in [0.15, 0.2) is 47.4 Å². The largest absolute Gasteiger partial charge is 0.493 e. The van der Waals surface area contributed by atoms with Crippen molar-refractivity contribution in [1.29, 1.82) is 0 Å². The van der Waals surface area contributed by atoms with Crippen molar-refractivity contribution >= 4 is 22.4 Å². The summed E-state index contributed by atoms with van der Waals surface area (Å²) in [4.78, 5) is 25.7. The van der Waals surface area contributed by atoms with Gasteiger partial charge in [-0.3, -0.25) is 9.59 Å². The molecule has 0 aliphatic rings. The van der Waals surface area contributed by atoms with Gasteiger partial charge in [0.15, 0.2) is 11.5 Å². The van der Waals surface area contributed by atoms with E-state index in [0.717, 1.165) is 5.56 Å². The lowest BCUT2D eigenvalue weighted by molar-refractivity contribution is 0.102. The highest BCUT2D eigenvalue weighted by molar-refractivity contribution is 6.13. The number of hydrogen-bond acceptors (Lipinski definition) is 4. The van der Waals surface area contributed by atoms with Crippen molar-refractivity contribution in [2.45, 2.75) is 20.4 Å². The van der Waals surface area contributed by atoms with Crippen LogP contribution in [0.1, 0.15) is 22.8 Å². The molecular weight excluding hydrogens is 344 g/mol. The minimum atomic E-state index is -0.292. The number of amides is 1. The topological polar surface area (TPSA) is 69.6 Å². The molecular formula is C21H22N2O4. The number of carbonyl (C=O) groups excluding carboxylic acids is 1. The summed E-state index contributed by atoms with van der Waals surface area (Å²) in [5.41, 5.74) is 1.96. The number of pyridine rings is 1. The first-order chi connectivity index (χ1) is 13.0. The number of hydrogen-bond donors (Lipinski definition) is 1. The number of aryl methyl sites for hydroxylation is 2. The second-order valence-electron chi connectivity index (χ2n) is 6.21. The van der Waals surface area contributed by atoms with Crippen molar-refractivity contribution in [3.63, 3.8) is 0 Å². The lowest BCUT2D eigenvalue weighted by Gasteiger charge is -2.14. The molecule has 0 spiro atoms. The van der Waals surface area contributed by atoms with E-state index >= 15 is 0 Å². The summed E-state index contributed by atoms with van der Waals surface area (Å²) in [6.45, 7) is 4.27. The molecule has 0 saturated carbocycles. The first-order valence-electron chi connectivity index (χ1n) is 8.65. The smallest absolute Gasteiger partial charge is 0.258 e. The Bertz CT molecular complexity index is 1070. The van der Waals surface area contributed by atoms with Gasteiger partial charge < -0.3 is 19.4 Å². The fourth-order valence-electron chi connectivity index (χ4n) is 3.05. The van der Waals surface area contributed by atoms with E-state index in [0.29, 0.717) is 40.1 Å². The Morgan fingerprint density at radius 1 is 1.07 bits per heavy atom. The van der Waals surface area contributed by atoms with Crippen LogP contribution in [0.5, 0.6) is 11.5 Å². The van der Waals surface area contributed by atoms with E-state index in [-0.39, 0.29) is 11.5 Å². The number of carbonyl (C=O) groups is 1. The first kappa shape index (κ1) is 18.5. The van der Waals surface area contributed by atoms with Gasteiger partial charge in [-0.1, -0.05) is 12.1 Å². The molecule has 2 aromatic carbocycles. The SMILES string of the molecule is CCn1cc(C(=O)Nc2cccc(C)c2)c2cc(OC)c(OC)cc2c1=O. The summed E-state index contributed by atoms with van der Waals surface area (Å²) in [5.74, 6) is 0.615. The maximum Gasteiger partial charge on any atom is 0.258 e. The molecule has 6 nitrogen and oxygen atoms in total. The number of nitrogens with zero attached hydrogens (tertiary/aromatic N) is 1. The summed E-state index contributed by atoms with van der Waals surface area (Å²) in [6.07, 6.45) is 1.59. The van der Waals surface area contributed by atoms with Crippen LogP contribution in [0, 0.1) is 6.92 Å². The third-order valence-corrected chi connectivity index (χ3v) is 4.45. The summed E-state index contributed by atoms with van der Waals surface area (Å²) >= 11 is 0. The molecule has 0 radical (unpaired) electrons. The van der Waals surface area contributed by atoms with Crippen LogP contribution in [0.4, 0.5) is 5.69 Å². The predicted octanol–water partition coefficient (Wildman–Crippen LogP) is 3.60. The Morgan fingerprint density at radius 3 is 2.33 bits per heavy atom. The van der Waals surface area contributed by atoms with Crippen LogP contribution in [-0.4, -0.2) is 24.7 Å². The van der Waals surface area contributed by atoms with Crippen LogP contribution in [0.3, 0.4) is 0 Å². The second-order valence-corrected chi connectivity index (χ2v) is 6.21. The quantitative estimate of drug-likeness (QED) is 0.749. The molecule has 0 aliphatic carbocycles. The molecule has 1 N–H and O–H groups in total. The number of ether oxygens (including phenoxy) is 2.